The van der Waals surface area contributed by atoms with Gasteiger partial charge in [0.15, 0.2) is 5.82 Å². The number of piperidine rings is 1. The summed E-state index contributed by atoms with van der Waals surface area (Å²) in [6.07, 6.45) is -4.83. The maximum absolute atomic E-state index is 13.6. The minimum Gasteiger partial charge on any atom is -0.465 e. The van der Waals surface area contributed by atoms with Gasteiger partial charge in [0, 0.05) is 36.1 Å². The molecule has 9 nitrogen and oxygen atoms in total. The zero-order chi connectivity index (χ0) is 23.0. The Hall–Kier alpha value is -3.28. The Labute approximate surface area is 183 Å². The largest absolute Gasteiger partial charge is 0.465 e. The Morgan fingerprint density at radius 1 is 1.34 bits per heavy atom. The fourth-order valence-electron chi connectivity index (χ4n) is 3.92. The van der Waals surface area contributed by atoms with E-state index >= 15 is 0 Å². The van der Waals surface area contributed by atoms with Crippen molar-refractivity contribution in [2.75, 3.05) is 18.0 Å². The molecule has 2 aromatic heterocycles. The lowest BCUT2D eigenvalue weighted by Gasteiger charge is -2.33. The lowest BCUT2D eigenvalue weighted by molar-refractivity contribution is -0.147. The number of aromatic amines is 1. The quantitative estimate of drug-likeness (QED) is 0.540. The summed E-state index contributed by atoms with van der Waals surface area (Å²) in [6.45, 7) is 0.627. The number of fused-ring (bicyclic) bond motifs is 1. The van der Waals surface area contributed by atoms with E-state index in [0.717, 1.165) is 0 Å². The highest BCUT2D eigenvalue weighted by atomic mass is 35.5. The SMILES string of the molecule is O=C(O)N[C@@H]1CCCN(c2nn3c(C(F)(F)F)n[nH]c(=O)c3c2Cc2ccccc2Cl)C1. The van der Waals surface area contributed by atoms with Crippen molar-refractivity contribution < 1.29 is 23.1 Å². The number of benzene rings is 1. The van der Waals surface area contributed by atoms with E-state index in [-0.39, 0.29) is 29.9 Å². The van der Waals surface area contributed by atoms with Gasteiger partial charge < -0.3 is 15.3 Å². The fourth-order valence-corrected chi connectivity index (χ4v) is 4.13. The number of nitrogens with zero attached hydrogens (tertiary/aromatic N) is 4. The summed E-state index contributed by atoms with van der Waals surface area (Å²) < 4.78 is 41.2. The first-order chi connectivity index (χ1) is 15.1. The second-order valence-electron chi connectivity index (χ2n) is 7.44. The standard InChI is InChI=1S/C19H18ClF3N6O3/c20-13-6-2-1-4-10(13)8-12-14-16(30)25-26-17(19(21,22)23)29(14)27-15(12)28-7-3-5-11(9-28)24-18(31)32/h1-2,4,6,11,24H,3,5,7-9H2,(H,25,30)(H,31,32)/t11-/m1/s1. The van der Waals surface area contributed by atoms with Crippen molar-refractivity contribution in [3.63, 3.8) is 0 Å². The second-order valence-corrected chi connectivity index (χ2v) is 7.85. The molecule has 13 heteroatoms. The summed E-state index contributed by atoms with van der Waals surface area (Å²) in [5.41, 5.74) is -0.248. The van der Waals surface area contributed by atoms with Crippen molar-refractivity contribution in [1.82, 2.24) is 25.1 Å². The van der Waals surface area contributed by atoms with Gasteiger partial charge in [-0.2, -0.15) is 13.2 Å². The lowest BCUT2D eigenvalue weighted by Crippen LogP contribution is -2.47. The van der Waals surface area contributed by atoms with Crippen LogP contribution >= 0.6 is 11.6 Å². The maximum atomic E-state index is 13.6. The van der Waals surface area contributed by atoms with Gasteiger partial charge in [-0.05, 0) is 24.5 Å². The number of H-pyrrole nitrogens is 1. The van der Waals surface area contributed by atoms with Crippen molar-refractivity contribution in [3.8, 4) is 0 Å². The number of aromatic nitrogens is 4. The first-order valence-electron chi connectivity index (χ1n) is 9.70. The summed E-state index contributed by atoms with van der Waals surface area (Å²) in [5.74, 6) is -1.21. The molecule has 32 heavy (non-hydrogen) atoms. The average Bonchev–Trinajstić information content (AvgIpc) is 3.08. The first-order valence-corrected chi connectivity index (χ1v) is 10.1. The molecule has 1 atom stereocenters. The van der Waals surface area contributed by atoms with E-state index in [2.05, 4.69) is 15.5 Å². The van der Waals surface area contributed by atoms with Gasteiger partial charge in [0.2, 0.25) is 0 Å². The Kier molecular flexibility index (Phi) is 5.71. The Bertz CT molecular complexity index is 1230. The van der Waals surface area contributed by atoms with E-state index < -0.39 is 29.7 Å². The monoisotopic (exact) mass is 470 g/mol. The van der Waals surface area contributed by atoms with Crippen LogP contribution in [0.1, 0.15) is 29.8 Å². The third-order valence-corrected chi connectivity index (χ3v) is 5.64. The molecule has 170 valence electrons. The van der Waals surface area contributed by atoms with E-state index in [4.69, 9.17) is 16.7 Å². The molecule has 1 aliphatic heterocycles. The zero-order valence-corrected chi connectivity index (χ0v) is 17.2. The van der Waals surface area contributed by atoms with Crippen molar-refractivity contribution >= 4 is 29.0 Å². The molecule has 1 aliphatic rings. The molecular formula is C19H18ClF3N6O3. The number of rotatable bonds is 4. The number of hydrogen-bond acceptors (Lipinski definition) is 5. The maximum Gasteiger partial charge on any atom is 0.453 e. The highest BCUT2D eigenvalue weighted by molar-refractivity contribution is 6.31. The Morgan fingerprint density at radius 2 is 2.09 bits per heavy atom. The molecule has 3 N–H and O–H groups in total. The molecule has 0 aliphatic carbocycles. The summed E-state index contributed by atoms with van der Waals surface area (Å²) >= 11 is 6.26. The number of nitrogens with one attached hydrogen (secondary N) is 2. The van der Waals surface area contributed by atoms with Crippen LogP contribution in [0.15, 0.2) is 29.1 Å². The molecule has 0 bridgehead atoms. The molecule has 0 unspecified atom stereocenters. The van der Waals surface area contributed by atoms with Gasteiger partial charge >= 0.3 is 12.3 Å². The Morgan fingerprint density at radius 3 is 2.78 bits per heavy atom. The highest BCUT2D eigenvalue weighted by Gasteiger charge is 2.39. The van der Waals surface area contributed by atoms with Crippen molar-refractivity contribution in [2.45, 2.75) is 31.5 Å². The Balaban J connectivity index is 1.89. The molecule has 1 amide bonds. The predicted octanol–water partition coefficient (Wildman–Crippen LogP) is 2.92. The normalized spacial score (nSPS) is 17.0. The fraction of sp³-hybridized carbons (Fsp3) is 0.368. The van der Waals surface area contributed by atoms with Crippen LogP contribution in [0.4, 0.5) is 23.8 Å². The molecule has 0 radical (unpaired) electrons. The number of anilines is 1. The number of alkyl halides is 3. The molecule has 1 aromatic carbocycles. The number of carbonyl (C=O) groups is 1. The predicted molar refractivity (Wildman–Crippen MR) is 109 cm³/mol. The molecule has 3 aromatic rings. The van der Waals surface area contributed by atoms with Crippen LogP contribution < -0.4 is 15.8 Å². The van der Waals surface area contributed by atoms with Gasteiger partial charge in [0.05, 0.1) is 0 Å². The van der Waals surface area contributed by atoms with E-state index in [0.29, 0.717) is 34.5 Å². The van der Waals surface area contributed by atoms with E-state index in [1.165, 1.54) is 0 Å². The number of hydrogen-bond donors (Lipinski definition) is 3. The van der Waals surface area contributed by atoms with Gasteiger partial charge in [-0.15, -0.1) is 10.2 Å². The summed E-state index contributed by atoms with van der Waals surface area (Å²) in [7, 11) is 0. The lowest BCUT2D eigenvalue weighted by atomic mass is 10.0. The zero-order valence-electron chi connectivity index (χ0n) is 16.5. The molecule has 3 heterocycles. The van der Waals surface area contributed by atoms with Crippen LogP contribution in [0.3, 0.4) is 0 Å². The number of carboxylic acid groups (broad SMARTS) is 1. The molecule has 4 rings (SSSR count). The van der Waals surface area contributed by atoms with Crippen molar-refractivity contribution in [2.24, 2.45) is 0 Å². The van der Waals surface area contributed by atoms with E-state index in [1.807, 2.05) is 5.10 Å². The van der Waals surface area contributed by atoms with Crippen LogP contribution in [0.5, 0.6) is 0 Å². The van der Waals surface area contributed by atoms with Crippen LogP contribution in [0.25, 0.3) is 5.52 Å². The highest BCUT2D eigenvalue weighted by Crippen LogP contribution is 2.33. The van der Waals surface area contributed by atoms with Crippen molar-refractivity contribution in [3.05, 3.63) is 56.6 Å². The van der Waals surface area contributed by atoms with Crippen LogP contribution in [0.2, 0.25) is 5.02 Å². The van der Waals surface area contributed by atoms with Gasteiger partial charge in [-0.1, -0.05) is 29.8 Å². The van der Waals surface area contributed by atoms with Crippen LogP contribution in [-0.4, -0.2) is 50.1 Å². The smallest absolute Gasteiger partial charge is 0.453 e. The molecule has 1 fully saturated rings. The third-order valence-electron chi connectivity index (χ3n) is 5.27. The summed E-state index contributed by atoms with van der Waals surface area (Å²) in [5, 5.41) is 21.0. The summed E-state index contributed by atoms with van der Waals surface area (Å²) in [4.78, 5) is 25.3. The topological polar surface area (TPSA) is 116 Å². The van der Waals surface area contributed by atoms with Gasteiger partial charge in [-0.25, -0.2) is 14.4 Å². The van der Waals surface area contributed by atoms with Gasteiger partial charge in [0.25, 0.3) is 11.4 Å². The van der Waals surface area contributed by atoms with Crippen molar-refractivity contribution in [1.29, 1.82) is 0 Å². The van der Waals surface area contributed by atoms with Crippen LogP contribution in [0, 0.1) is 0 Å². The number of amides is 1. The molecular weight excluding hydrogens is 453 g/mol. The van der Waals surface area contributed by atoms with E-state index in [9.17, 15) is 22.8 Å². The molecule has 1 saturated heterocycles. The van der Waals surface area contributed by atoms with Gasteiger partial charge in [0.1, 0.15) is 5.52 Å². The molecule has 0 spiro atoms. The summed E-state index contributed by atoms with van der Waals surface area (Å²) in [6, 6.07) is 6.36. The first kappa shape index (κ1) is 21.9. The average molecular weight is 471 g/mol. The van der Waals surface area contributed by atoms with Gasteiger partial charge in [-0.3, -0.25) is 4.79 Å². The van der Waals surface area contributed by atoms with E-state index in [1.54, 1.807) is 29.2 Å². The second kappa shape index (κ2) is 8.34. The number of halogens is 4. The van der Waals surface area contributed by atoms with Crippen LogP contribution in [-0.2, 0) is 12.6 Å². The molecule has 0 saturated carbocycles. The minimum atomic E-state index is -4.86. The minimum absolute atomic E-state index is 0.0520. The third kappa shape index (κ3) is 4.22.